The molecule has 1 heterocycles. The van der Waals surface area contributed by atoms with E-state index >= 15 is 0 Å². The first-order valence-electron chi connectivity index (χ1n) is 5.06. The smallest absolute Gasteiger partial charge is 0.153 e. The lowest BCUT2D eigenvalue weighted by molar-refractivity contribution is 0.00303. The molecule has 0 amide bonds. The van der Waals surface area contributed by atoms with Crippen molar-refractivity contribution >= 4 is 5.71 Å². The molecule has 2 heteroatoms. The van der Waals surface area contributed by atoms with Gasteiger partial charge < -0.3 is 4.84 Å². The Bertz CT molecular complexity index is 232. The summed E-state index contributed by atoms with van der Waals surface area (Å²) in [7, 11) is 0. The van der Waals surface area contributed by atoms with Crippen LogP contribution >= 0.6 is 0 Å². The van der Waals surface area contributed by atoms with Crippen molar-refractivity contribution in [2.75, 3.05) is 0 Å². The molecule has 1 aliphatic rings. The Hall–Kier alpha value is -0.790. The maximum atomic E-state index is 5.45. The Morgan fingerprint density at radius 3 is 2.62 bits per heavy atom. The zero-order valence-electron chi connectivity index (χ0n) is 9.00. The number of rotatable bonds is 3. The lowest BCUT2D eigenvalue weighted by atomic mass is 9.97. The fraction of sp³-hybridized carbons (Fsp3) is 0.727. The first-order chi connectivity index (χ1) is 6.11. The summed E-state index contributed by atoms with van der Waals surface area (Å²) in [6.07, 6.45) is 6.28. The summed E-state index contributed by atoms with van der Waals surface area (Å²) in [6.45, 7) is 8.49. The van der Waals surface area contributed by atoms with Gasteiger partial charge in [0.05, 0.1) is 5.71 Å². The van der Waals surface area contributed by atoms with Crippen LogP contribution in [0.4, 0.5) is 0 Å². The molecule has 13 heavy (non-hydrogen) atoms. The second-order valence-electron chi connectivity index (χ2n) is 3.92. The number of allylic oxidation sites excluding steroid dienone is 1. The minimum atomic E-state index is -0.184. The average Bonchev–Trinajstić information content (AvgIpc) is 2.18. The highest BCUT2D eigenvalue weighted by Gasteiger charge is 2.24. The minimum Gasteiger partial charge on any atom is -0.385 e. The van der Waals surface area contributed by atoms with E-state index in [0.29, 0.717) is 5.92 Å². The molecule has 0 radical (unpaired) electrons. The summed E-state index contributed by atoms with van der Waals surface area (Å²) in [5, 5.41) is 4.15. The second-order valence-corrected chi connectivity index (χ2v) is 3.92. The third-order valence-electron chi connectivity index (χ3n) is 2.79. The average molecular weight is 181 g/mol. The van der Waals surface area contributed by atoms with Crippen LogP contribution in [0.25, 0.3) is 0 Å². The van der Waals surface area contributed by atoms with Gasteiger partial charge in [-0.1, -0.05) is 25.9 Å². The molecule has 0 aromatic rings. The SMILES string of the molecule is CCC(C)C1=NOC(C)(CC)C=C1. The van der Waals surface area contributed by atoms with E-state index in [1.54, 1.807) is 0 Å². The van der Waals surface area contributed by atoms with Gasteiger partial charge in [0.25, 0.3) is 0 Å². The van der Waals surface area contributed by atoms with E-state index in [-0.39, 0.29) is 5.60 Å². The molecule has 1 rings (SSSR count). The Kier molecular flexibility index (Phi) is 3.12. The van der Waals surface area contributed by atoms with Gasteiger partial charge in [-0.15, -0.1) is 0 Å². The van der Waals surface area contributed by atoms with Gasteiger partial charge in [-0.3, -0.25) is 0 Å². The quantitative estimate of drug-likeness (QED) is 0.655. The molecule has 0 aliphatic carbocycles. The minimum absolute atomic E-state index is 0.184. The molecule has 2 nitrogen and oxygen atoms in total. The molecule has 0 N–H and O–H groups in total. The number of hydrogen-bond donors (Lipinski definition) is 0. The van der Waals surface area contributed by atoms with E-state index in [1.807, 2.05) is 0 Å². The van der Waals surface area contributed by atoms with Crippen LogP contribution in [-0.2, 0) is 4.84 Å². The Morgan fingerprint density at radius 2 is 2.23 bits per heavy atom. The number of oxime groups is 1. The number of nitrogens with zero attached hydrogens (tertiary/aromatic N) is 1. The van der Waals surface area contributed by atoms with Crippen molar-refractivity contribution in [3.63, 3.8) is 0 Å². The van der Waals surface area contributed by atoms with Gasteiger partial charge in [0, 0.05) is 5.92 Å². The molecule has 2 unspecified atom stereocenters. The van der Waals surface area contributed by atoms with Crippen LogP contribution in [0.3, 0.4) is 0 Å². The van der Waals surface area contributed by atoms with Gasteiger partial charge in [0.15, 0.2) is 5.60 Å². The fourth-order valence-corrected chi connectivity index (χ4v) is 1.13. The van der Waals surface area contributed by atoms with Crippen LogP contribution in [-0.4, -0.2) is 11.3 Å². The Labute approximate surface area is 80.7 Å². The van der Waals surface area contributed by atoms with Crippen LogP contribution in [0.15, 0.2) is 17.3 Å². The Morgan fingerprint density at radius 1 is 1.54 bits per heavy atom. The van der Waals surface area contributed by atoms with Gasteiger partial charge >= 0.3 is 0 Å². The van der Waals surface area contributed by atoms with E-state index in [2.05, 4.69) is 45.0 Å². The van der Waals surface area contributed by atoms with E-state index < -0.39 is 0 Å². The zero-order chi connectivity index (χ0) is 9.90. The Balaban J connectivity index is 2.64. The van der Waals surface area contributed by atoms with Crippen molar-refractivity contribution in [3.05, 3.63) is 12.2 Å². The van der Waals surface area contributed by atoms with Gasteiger partial charge in [0.2, 0.25) is 0 Å². The van der Waals surface area contributed by atoms with Crippen molar-refractivity contribution in [2.24, 2.45) is 11.1 Å². The lowest BCUT2D eigenvalue weighted by Gasteiger charge is -2.26. The van der Waals surface area contributed by atoms with Crippen molar-refractivity contribution in [1.29, 1.82) is 0 Å². The van der Waals surface area contributed by atoms with Crippen LogP contribution in [0, 0.1) is 5.92 Å². The van der Waals surface area contributed by atoms with E-state index in [1.165, 1.54) is 0 Å². The summed E-state index contributed by atoms with van der Waals surface area (Å²) >= 11 is 0. The largest absolute Gasteiger partial charge is 0.385 e. The molecule has 2 atom stereocenters. The van der Waals surface area contributed by atoms with E-state index in [4.69, 9.17) is 4.84 Å². The highest BCUT2D eigenvalue weighted by molar-refractivity contribution is 5.96. The van der Waals surface area contributed by atoms with Gasteiger partial charge in [-0.2, -0.15) is 0 Å². The fourth-order valence-electron chi connectivity index (χ4n) is 1.13. The summed E-state index contributed by atoms with van der Waals surface area (Å²) in [5.74, 6) is 0.498. The normalized spacial score (nSPS) is 29.4. The molecule has 0 fully saturated rings. The molecule has 74 valence electrons. The second kappa shape index (κ2) is 3.95. The predicted octanol–water partition coefficient (Wildman–Crippen LogP) is 3.14. The van der Waals surface area contributed by atoms with Crippen molar-refractivity contribution in [1.82, 2.24) is 0 Å². The van der Waals surface area contributed by atoms with Crippen LogP contribution < -0.4 is 0 Å². The highest BCUT2D eigenvalue weighted by Crippen LogP contribution is 2.22. The standard InChI is InChI=1S/C11H19NO/c1-5-9(3)10-7-8-11(4,6-2)13-12-10/h7-9H,5-6H2,1-4H3. The van der Waals surface area contributed by atoms with Gasteiger partial charge in [-0.05, 0) is 31.9 Å². The van der Waals surface area contributed by atoms with Crippen molar-refractivity contribution in [2.45, 2.75) is 46.1 Å². The summed E-state index contributed by atoms with van der Waals surface area (Å²) in [6, 6.07) is 0. The van der Waals surface area contributed by atoms with Crippen molar-refractivity contribution < 1.29 is 4.84 Å². The molecular formula is C11H19NO. The van der Waals surface area contributed by atoms with Crippen LogP contribution in [0.1, 0.15) is 40.5 Å². The van der Waals surface area contributed by atoms with E-state index in [0.717, 1.165) is 18.6 Å². The van der Waals surface area contributed by atoms with Crippen LogP contribution in [0.2, 0.25) is 0 Å². The molecule has 0 aromatic carbocycles. The monoisotopic (exact) mass is 181 g/mol. The predicted molar refractivity (Wildman–Crippen MR) is 55.8 cm³/mol. The first kappa shape index (κ1) is 10.3. The maximum Gasteiger partial charge on any atom is 0.153 e. The van der Waals surface area contributed by atoms with Gasteiger partial charge in [0.1, 0.15) is 0 Å². The molecule has 0 spiro atoms. The summed E-state index contributed by atoms with van der Waals surface area (Å²) in [5.41, 5.74) is 0.880. The zero-order valence-corrected chi connectivity index (χ0v) is 9.00. The number of hydrogen-bond acceptors (Lipinski definition) is 2. The third kappa shape index (κ3) is 2.33. The molecule has 1 aliphatic heterocycles. The maximum absolute atomic E-state index is 5.45. The molecule has 0 aromatic heterocycles. The van der Waals surface area contributed by atoms with Crippen LogP contribution in [0.5, 0.6) is 0 Å². The highest BCUT2D eigenvalue weighted by atomic mass is 16.6. The summed E-state index contributed by atoms with van der Waals surface area (Å²) in [4.78, 5) is 5.45. The summed E-state index contributed by atoms with van der Waals surface area (Å²) < 4.78 is 0. The lowest BCUT2D eigenvalue weighted by Crippen LogP contribution is -2.27. The van der Waals surface area contributed by atoms with Crippen molar-refractivity contribution in [3.8, 4) is 0 Å². The molecule has 0 saturated carbocycles. The molecule has 0 bridgehead atoms. The molecule has 0 saturated heterocycles. The van der Waals surface area contributed by atoms with E-state index in [9.17, 15) is 0 Å². The topological polar surface area (TPSA) is 21.6 Å². The first-order valence-corrected chi connectivity index (χ1v) is 5.06. The molecular weight excluding hydrogens is 162 g/mol. The van der Waals surface area contributed by atoms with Gasteiger partial charge in [-0.25, -0.2) is 0 Å². The third-order valence-corrected chi connectivity index (χ3v) is 2.79.